The molecule has 4 N–H and O–H groups in total. The Balaban J connectivity index is 1.69. The third-order valence-corrected chi connectivity index (χ3v) is 4.96. The molecule has 3 rings (SSSR count). The van der Waals surface area contributed by atoms with E-state index in [-0.39, 0.29) is 12.5 Å². The minimum absolute atomic E-state index is 0.177. The maximum Gasteiger partial charge on any atom is 0.261 e. The number of thiophene rings is 2. The van der Waals surface area contributed by atoms with Crippen molar-refractivity contribution in [3.05, 3.63) is 51.5 Å². The second-order valence-corrected chi connectivity index (χ2v) is 6.55. The minimum Gasteiger partial charge on any atom is -0.399 e. The molecule has 0 aliphatic carbocycles. The van der Waals surface area contributed by atoms with E-state index in [1.54, 1.807) is 0 Å². The number of carbonyl (C=O) groups excluding carboxylic acids is 1. The normalized spacial score (nSPS) is 12.4. The van der Waals surface area contributed by atoms with Crippen molar-refractivity contribution in [2.45, 2.75) is 6.10 Å². The van der Waals surface area contributed by atoms with E-state index in [4.69, 9.17) is 5.73 Å². The fraction of sp³-hybridized carbons (Fsp3) is 0.133. The summed E-state index contributed by atoms with van der Waals surface area (Å²) in [5.41, 5.74) is 7.24. The lowest BCUT2D eigenvalue weighted by atomic mass is 10.2. The Kier molecular flexibility index (Phi) is 3.92. The standard InChI is InChI=1S/C15H14N2O2S2/c16-11-1-2-13-10(5-11)6-14(21-13)15(19)17-7-12(18)9-3-4-20-8-9/h1-6,8,12,18H,7,16H2,(H,17,19). The first-order chi connectivity index (χ1) is 10.1. The Hall–Kier alpha value is -1.89. The number of fused-ring (bicyclic) bond motifs is 1. The molecule has 4 nitrogen and oxygen atoms in total. The van der Waals surface area contributed by atoms with Crippen molar-refractivity contribution in [3.8, 4) is 0 Å². The first-order valence-electron chi connectivity index (χ1n) is 6.41. The van der Waals surface area contributed by atoms with Gasteiger partial charge in [-0.05, 0) is 52.0 Å². The maximum atomic E-state index is 12.1. The zero-order valence-corrected chi connectivity index (χ0v) is 12.7. The zero-order chi connectivity index (χ0) is 14.8. The van der Waals surface area contributed by atoms with Gasteiger partial charge in [0.15, 0.2) is 0 Å². The highest BCUT2D eigenvalue weighted by molar-refractivity contribution is 7.20. The number of carbonyl (C=O) groups is 1. The SMILES string of the molecule is Nc1ccc2sc(C(=O)NCC(O)c3ccsc3)cc2c1. The van der Waals surface area contributed by atoms with Crippen LogP contribution in [0.2, 0.25) is 0 Å². The molecule has 0 spiro atoms. The average molecular weight is 318 g/mol. The fourth-order valence-electron chi connectivity index (χ4n) is 2.03. The molecule has 2 heterocycles. The molecule has 21 heavy (non-hydrogen) atoms. The van der Waals surface area contributed by atoms with Gasteiger partial charge in [-0.1, -0.05) is 0 Å². The van der Waals surface area contributed by atoms with Gasteiger partial charge in [-0.2, -0.15) is 11.3 Å². The Morgan fingerprint density at radius 2 is 2.19 bits per heavy atom. The summed E-state index contributed by atoms with van der Waals surface area (Å²) >= 11 is 2.94. The van der Waals surface area contributed by atoms with Crippen LogP contribution in [0.3, 0.4) is 0 Å². The van der Waals surface area contributed by atoms with Crippen molar-refractivity contribution >= 4 is 44.4 Å². The van der Waals surface area contributed by atoms with Crippen LogP contribution in [0, 0.1) is 0 Å². The topological polar surface area (TPSA) is 75.4 Å². The second kappa shape index (κ2) is 5.85. The molecule has 0 saturated heterocycles. The molecule has 0 aliphatic heterocycles. The molecular weight excluding hydrogens is 304 g/mol. The molecule has 6 heteroatoms. The monoisotopic (exact) mass is 318 g/mol. The lowest BCUT2D eigenvalue weighted by Crippen LogP contribution is -2.27. The van der Waals surface area contributed by atoms with Crippen molar-refractivity contribution < 1.29 is 9.90 Å². The molecule has 2 aromatic heterocycles. The van der Waals surface area contributed by atoms with Gasteiger partial charge in [0, 0.05) is 16.9 Å². The third-order valence-electron chi connectivity index (χ3n) is 3.15. The molecule has 0 bridgehead atoms. The molecule has 3 aromatic rings. The quantitative estimate of drug-likeness (QED) is 0.647. The third kappa shape index (κ3) is 3.07. The molecular formula is C15H14N2O2S2. The predicted octanol–water partition coefficient (Wildman–Crippen LogP) is 3.01. The van der Waals surface area contributed by atoms with Gasteiger partial charge in [0.05, 0.1) is 11.0 Å². The number of nitrogens with one attached hydrogen (secondary N) is 1. The number of amides is 1. The highest BCUT2D eigenvalue weighted by Crippen LogP contribution is 2.27. The van der Waals surface area contributed by atoms with Crippen LogP contribution in [0.5, 0.6) is 0 Å². The largest absolute Gasteiger partial charge is 0.399 e. The number of benzene rings is 1. The molecule has 1 amide bonds. The van der Waals surface area contributed by atoms with Crippen molar-refractivity contribution in [2.24, 2.45) is 0 Å². The summed E-state index contributed by atoms with van der Waals surface area (Å²) in [7, 11) is 0. The highest BCUT2D eigenvalue weighted by Gasteiger charge is 2.13. The van der Waals surface area contributed by atoms with Crippen LogP contribution >= 0.6 is 22.7 Å². The summed E-state index contributed by atoms with van der Waals surface area (Å²) in [6.45, 7) is 0.200. The van der Waals surface area contributed by atoms with Gasteiger partial charge in [-0.3, -0.25) is 4.79 Å². The van der Waals surface area contributed by atoms with Crippen molar-refractivity contribution in [2.75, 3.05) is 12.3 Å². The van der Waals surface area contributed by atoms with Gasteiger partial charge in [0.1, 0.15) is 0 Å². The minimum atomic E-state index is -0.676. The van der Waals surface area contributed by atoms with Crippen molar-refractivity contribution in [1.82, 2.24) is 5.32 Å². The number of aliphatic hydroxyl groups excluding tert-OH is 1. The number of rotatable bonds is 4. The molecule has 0 fully saturated rings. The first-order valence-corrected chi connectivity index (χ1v) is 8.17. The maximum absolute atomic E-state index is 12.1. The van der Waals surface area contributed by atoms with Gasteiger partial charge in [-0.25, -0.2) is 0 Å². The molecule has 1 aromatic carbocycles. The Morgan fingerprint density at radius 3 is 2.95 bits per heavy atom. The van der Waals surface area contributed by atoms with Crippen LogP contribution in [-0.4, -0.2) is 17.6 Å². The van der Waals surface area contributed by atoms with Gasteiger partial charge >= 0.3 is 0 Å². The van der Waals surface area contributed by atoms with E-state index in [1.807, 2.05) is 41.1 Å². The molecule has 0 aliphatic rings. The molecule has 1 atom stereocenters. The number of hydrogen-bond acceptors (Lipinski definition) is 5. The summed E-state index contributed by atoms with van der Waals surface area (Å²) in [6.07, 6.45) is -0.676. The number of hydrogen-bond donors (Lipinski definition) is 3. The van der Waals surface area contributed by atoms with Crippen LogP contribution in [0.25, 0.3) is 10.1 Å². The molecule has 0 saturated carbocycles. The number of aliphatic hydroxyl groups is 1. The number of nitrogen functional groups attached to an aromatic ring is 1. The van der Waals surface area contributed by atoms with Gasteiger partial charge < -0.3 is 16.2 Å². The summed E-state index contributed by atoms with van der Waals surface area (Å²) in [5.74, 6) is -0.177. The Morgan fingerprint density at radius 1 is 1.33 bits per heavy atom. The van der Waals surface area contributed by atoms with Crippen molar-refractivity contribution in [3.63, 3.8) is 0 Å². The highest BCUT2D eigenvalue weighted by atomic mass is 32.1. The Labute approximate surface area is 129 Å². The van der Waals surface area contributed by atoms with Gasteiger partial charge in [0.2, 0.25) is 0 Å². The number of anilines is 1. The summed E-state index contributed by atoms with van der Waals surface area (Å²) in [6, 6.07) is 9.25. The average Bonchev–Trinajstić information content (AvgIpc) is 3.12. The Bertz CT molecular complexity index is 765. The van der Waals surface area contributed by atoms with Crippen LogP contribution in [-0.2, 0) is 0 Å². The van der Waals surface area contributed by atoms with Crippen LogP contribution in [0.1, 0.15) is 21.3 Å². The van der Waals surface area contributed by atoms with E-state index in [1.165, 1.54) is 22.7 Å². The summed E-state index contributed by atoms with van der Waals surface area (Å²) in [4.78, 5) is 12.8. The lowest BCUT2D eigenvalue weighted by molar-refractivity contribution is 0.0920. The number of nitrogens with two attached hydrogens (primary N) is 1. The summed E-state index contributed by atoms with van der Waals surface area (Å²) < 4.78 is 1.02. The fourth-order valence-corrected chi connectivity index (χ4v) is 3.70. The molecule has 108 valence electrons. The van der Waals surface area contributed by atoms with E-state index in [0.717, 1.165) is 15.6 Å². The van der Waals surface area contributed by atoms with E-state index in [2.05, 4.69) is 5.32 Å². The summed E-state index contributed by atoms with van der Waals surface area (Å²) in [5, 5.41) is 17.5. The van der Waals surface area contributed by atoms with Gasteiger partial charge in [-0.15, -0.1) is 11.3 Å². The van der Waals surface area contributed by atoms with E-state index in [9.17, 15) is 9.90 Å². The first kappa shape index (κ1) is 14.1. The molecule has 1 unspecified atom stereocenters. The lowest BCUT2D eigenvalue weighted by Gasteiger charge is -2.09. The van der Waals surface area contributed by atoms with Crippen LogP contribution in [0.4, 0.5) is 5.69 Å². The van der Waals surface area contributed by atoms with E-state index in [0.29, 0.717) is 10.6 Å². The van der Waals surface area contributed by atoms with E-state index < -0.39 is 6.10 Å². The predicted molar refractivity (Wildman–Crippen MR) is 87.8 cm³/mol. The van der Waals surface area contributed by atoms with E-state index >= 15 is 0 Å². The molecule has 0 radical (unpaired) electrons. The second-order valence-electron chi connectivity index (χ2n) is 4.69. The van der Waals surface area contributed by atoms with Crippen LogP contribution in [0.15, 0.2) is 41.1 Å². The van der Waals surface area contributed by atoms with Gasteiger partial charge in [0.25, 0.3) is 5.91 Å². The van der Waals surface area contributed by atoms with Crippen molar-refractivity contribution in [1.29, 1.82) is 0 Å². The van der Waals surface area contributed by atoms with Crippen LogP contribution < -0.4 is 11.1 Å². The zero-order valence-electron chi connectivity index (χ0n) is 11.1. The smallest absolute Gasteiger partial charge is 0.261 e.